The lowest BCUT2D eigenvalue weighted by atomic mass is 9.89. The van der Waals surface area contributed by atoms with Gasteiger partial charge in [0.1, 0.15) is 7.14 Å². The number of hydrogen-bond donors (Lipinski definition) is 0. The van der Waals surface area contributed by atoms with Crippen LogP contribution < -0.4 is 10.6 Å². The standard InChI is InChI=1S/C29H33O3P/c1-22-23(2)32-29(31-22)20-12-19-28(27(21-29)24-13-6-3-7-14-24)33(30,25-15-8-4-9-16-25)26-17-10-5-11-18-26/h3-11,13-18,22-23,27-28H,12,19-21H2,1-2H3/t22-,23-,27+,28-/m1/s1. The first-order chi connectivity index (χ1) is 16.0. The molecule has 1 aliphatic heterocycles. The van der Waals surface area contributed by atoms with E-state index in [1.165, 1.54) is 5.56 Å². The van der Waals surface area contributed by atoms with Crippen molar-refractivity contribution in [3.05, 3.63) is 96.6 Å². The molecular formula is C29H33O3P. The molecule has 2 aliphatic rings. The van der Waals surface area contributed by atoms with Gasteiger partial charge in [-0.25, -0.2) is 0 Å². The van der Waals surface area contributed by atoms with E-state index >= 15 is 4.57 Å². The molecule has 4 atom stereocenters. The van der Waals surface area contributed by atoms with Crippen molar-refractivity contribution < 1.29 is 14.0 Å². The van der Waals surface area contributed by atoms with Gasteiger partial charge in [0, 0.05) is 29.1 Å². The number of rotatable bonds is 4. The molecule has 3 aromatic carbocycles. The van der Waals surface area contributed by atoms with Crippen molar-refractivity contribution in [3.63, 3.8) is 0 Å². The Morgan fingerprint density at radius 1 is 0.758 bits per heavy atom. The molecule has 4 heteroatoms. The molecule has 5 rings (SSSR count). The van der Waals surface area contributed by atoms with Crippen LogP contribution in [0.5, 0.6) is 0 Å². The average Bonchev–Trinajstić information content (AvgIpc) is 3.02. The van der Waals surface area contributed by atoms with E-state index < -0.39 is 12.9 Å². The third kappa shape index (κ3) is 4.23. The van der Waals surface area contributed by atoms with Gasteiger partial charge < -0.3 is 14.0 Å². The molecule has 1 spiro atoms. The van der Waals surface area contributed by atoms with E-state index in [0.717, 1.165) is 36.3 Å². The Morgan fingerprint density at radius 2 is 1.24 bits per heavy atom. The second-order valence-electron chi connectivity index (χ2n) is 9.57. The summed E-state index contributed by atoms with van der Waals surface area (Å²) < 4.78 is 28.3. The maximum atomic E-state index is 15.4. The van der Waals surface area contributed by atoms with Gasteiger partial charge in [0.05, 0.1) is 12.2 Å². The maximum absolute atomic E-state index is 15.4. The molecule has 0 N–H and O–H groups in total. The summed E-state index contributed by atoms with van der Waals surface area (Å²) in [6.07, 6.45) is 3.49. The predicted molar refractivity (Wildman–Crippen MR) is 135 cm³/mol. The van der Waals surface area contributed by atoms with Crippen molar-refractivity contribution in [2.75, 3.05) is 0 Å². The highest BCUT2D eigenvalue weighted by Gasteiger charge is 2.51. The molecule has 172 valence electrons. The van der Waals surface area contributed by atoms with Crippen molar-refractivity contribution in [2.24, 2.45) is 0 Å². The quantitative estimate of drug-likeness (QED) is 0.432. The molecule has 0 bridgehead atoms. The molecule has 2 fully saturated rings. The highest BCUT2D eigenvalue weighted by molar-refractivity contribution is 7.79. The highest BCUT2D eigenvalue weighted by Crippen LogP contribution is 2.59. The second-order valence-corrected chi connectivity index (χ2v) is 12.6. The lowest BCUT2D eigenvalue weighted by Crippen LogP contribution is -2.35. The van der Waals surface area contributed by atoms with Crippen molar-refractivity contribution in [2.45, 2.75) is 69.1 Å². The van der Waals surface area contributed by atoms with Gasteiger partial charge in [0.2, 0.25) is 0 Å². The minimum absolute atomic E-state index is 0.0255. The van der Waals surface area contributed by atoms with Gasteiger partial charge in [-0.1, -0.05) is 91.0 Å². The summed E-state index contributed by atoms with van der Waals surface area (Å²) in [7, 11) is -2.95. The van der Waals surface area contributed by atoms with Crippen molar-refractivity contribution in [3.8, 4) is 0 Å². The molecule has 0 unspecified atom stereocenters. The van der Waals surface area contributed by atoms with Crippen LogP contribution >= 0.6 is 7.14 Å². The smallest absolute Gasteiger partial charge is 0.169 e. The van der Waals surface area contributed by atoms with Crippen LogP contribution in [-0.2, 0) is 14.0 Å². The van der Waals surface area contributed by atoms with Gasteiger partial charge in [-0.15, -0.1) is 0 Å². The number of ether oxygens (including phenoxy) is 2. The van der Waals surface area contributed by atoms with Crippen molar-refractivity contribution in [1.29, 1.82) is 0 Å². The molecule has 1 saturated heterocycles. The van der Waals surface area contributed by atoms with Gasteiger partial charge in [0.15, 0.2) is 5.79 Å². The summed E-state index contributed by atoms with van der Waals surface area (Å²) in [5, 5.41) is 1.88. The fraction of sp³-hybridized carbons (Fsp3) is 0.379. The van der Waals surface area contributed by atoms with Crippen LogP contribution in [0.4, 0.5) is 0 Å². The van der Waals surface area contributed by atoms with Gasteiger partial charge >= 0.3 is 0 Å². The van der Waals surface area contributed by atoms with Crippen molar-refractivity contribution >= 4 is 17.8 Å². The molecule has 3 nitrogen and oxygen atoms in total. The Bertz CT molecular complexity index is 1050. The Morgan fingerprint density at radius 3 is 1.76 bits per heavy atom. The normalized spacial score (nSPS) is 27.3. The molecule has 0 amide bonds. The average molecular weight is 461 g/mol. The molecule has 3 aromatic rings. The third-order valence-corrected chi connectivity index (χ3v) is 11.2. The molecule has 1 heterocycles. The van der Waals surface area contributed by atoms with E-state index in [4.69, 9.17) is 9.47 Å². The van der Waals surface area contributed by atoms with Gasteiger partial charge in [-0.05, 0) is 38.2 Å². The first-order valence-corrected chi connectivity index (χ1v) is 13.9. The highest BCUT2D eigenvalue weighted by atomic mass is 31.2. The van der Waals surface area contributed by atoms with E-state index in [9.17, 15) is 0 Å². The number of hydrogen-bond acceptors (Lipinski definition) is 3. The SMILES string of the molecule is C[C@H]1OC2(CCC[C@@H](P(=O)(c3ccccc3)c3ccccc3)[C@H](c3ccccc3)C2)O[C@@H]1C. The first-order valence-electron chi connectivity index (χ1n) is 12.1. The zero-order valence-corrected chi connectivity index (χ0v) is 20.4. The molecule has 0 radical (unpaired) electrons. The second kappa shape index (κ2) is 9.22. The Labute approximate surface area is 197 Å². The van der Waals surface area contributed by atoms with Gasteiger partial charge in [-0.3, -0.25) is 0 Å². The minimum Gasteiger partial charge on any atom is -0.344 e. The lowest BCUT2D eigenvalue weighted by Gasteiger charge is -2.36. The van der Waals surface area contributed by atoms with E-state index in [0.29, 0.717) is 0 Å². The minimum atomic E-state index is -2.95. The van der Waals surface area contributed by atoms with Crippen molar-refractivity contribution in [1.82, 2.24) is 0 Å². The summed E-state index contributed by atoms with van der Waals surface area (Å²) in [6, 6.07) is 30.8. The zero-order chi connectivity index (χ0) is 22.9. The first kappa shape index (κ1) is 22.6. The summed E-state index contributed by atoms with van der Waals surface area (Å²) in [5.41, 5.74) is 1.19. The van der Waals surface area contributed by atoms with E-state index in [-0.39, 0.29) is 23.8 Å². The van der Waals surface area contributed by atoms with Crippen LogP contribution in [-0.4, -0.2) is 23.7 Å². The van der Waals surface area contributed by atoms with E-state index in [1.807, 2.05) is 66.7 Å². The molecule has 33 heavy (non-hydrogen) atoms. The van der Waals surface area contributed by atoms with Gasteiger partial charge in [-0.2, -0.15) is 0 Å². The zero-order valence-electron chi connectivity index (χ0n) is 19.5. The predicted octanol–water partition coefficient (Wildman–Crippen LogP) is 6.25. The molecular weight excluding hydrogens is 427 g/mol. The third-order valence-electron chi connectivity index (χ3n) is 7.49. The summed E-state index contributed by atoms with van der Waals surface area (Å²) >= 11 is 0. The van der Waals surface area contributed by atoms with Crippen LogP contribution in [0.2, 0.25) is 0 Å². The van der Waals surface area contributed by atoms with Crippen LogP contribution in [0.15, 0.2) is 91.0 Å². The van der Waals surface area contributed by atoms with Crippen LogP contribution in [0.25, 0.3) is 0 Å². The fourth-order valence-electron chi connectivity index (χ4n) is 5.77. The summed E-state index contributed by atoms with van der Waals surface area (Å²) in [4.78, 5) is 0. The van der Waals surface area contributed by atoms with Crippen LogP contribution in [0.3, 0.4) is 0 Å². The molecule has 0 aromatic heterocycles. The van der Waals surface area contributed by atoms with E-state index in [1.54, 1.807) is 0 Å². The fourth-order valence-corrected chi connectivity index (χ4v) is 9.40. The maximum Gasteiger partial charge on any atom is 0.169 e. The molecule has 1 aliphatic carbocycles. The summed E-state index contributed by atoms with van der Waals surface area (Å²) in [6.45, 7) is 4.19. The lowest BCUT2D eigenvalue weighted by molar-refractivity contribution is -0.183. The molecule has 1 saturated carbocycles. The van der Waals surface area contributed by atoms with Crippen LogP contribution in [0.1, 0.15) is 51.0 Å². The van der Waals surface area contributed by atoms with Gasteiger partial charge in [0.25, 0.3) is 0 Å². The topological polar surface area (TPSA) is 35.5 Å². The summed E-state index contributed by atoms with van der Waals surface area (Å²) in [5.74, 6) is -0.538. The monoisotopic (exact) mass is 460 g/mol. The Kier molecular flexibility index (Phi) is 6.31. The Balaban J connectivity index is 1.66. The number of benzene rings is 3. The Hall–Kier alpha value is -2.19. The van der Waals surface area contributed by atoms with Crippen LogP contribution in [0, 0.1) is 0 Å². The largest absolute Gasteiger partial charge is 0.344 e. The van der Waals surface area contributed by atoms with E-state index in [2.05, 4.69) is 38.1 Å².